The van der Waals surface area contributed by atoms with Crippen LogP contribution in [-0.4, -0.2) is 47.8 Å². The lowest BCUT2D eigenvalue weighted by Crippen LogP contribution is -3.16. The van der Waals surface area contributed by atoms with Crippen molar-refractivity contribution in [3.8, 4) is 11.3 Å². The summed E-state index contributed by atoms with van der Waals surface area (Å²) in [5.74, 6) is 0.464. The number of rotatable bonds is 4. The molecule has 126 valence electrons. The van der Waals surface area contributed by atoms with Crippen LogP contribution in [0.25, 0.3) is 11.3 Å². The number of carbonyl (C=O) groups is 2. The minimum Gasteiger partial charge on any atom is -0.346 e. The number of hydrogen-bond acceptors (Lipinski definition) is 3. The summed E-state index contributed by atoms with van der Waals surface area (Å²) in [5, 5.41) is 10.7. The summed E-state index contributed by atoms with van der Waals surface area (Å²) in [7, 11) is 1.77. The number of hydrogen-bond donors (Lipinski definition) is 3. The molecule has 2 amide bonds. The Hall–Kier alpha value is -2.38. The fourth-order valence-corrected chi connectivity index (χ4v) is 2.79. The smallest absolute Gasteiger partial charge is 0.280 e. The molecule has 0 saturated carbocycles. The molecule has 24 heavy (non-hydrogen) atoms. The largest absolute Gasteiger partial charge is 0.346 e. The molecule has 1 saturated heterocycles. The number of carbonyl (C=O) groups excluding carboxylic acids is 2. The maximum atomic E-state index is 12.2. The highest BCUT2D eigenvalue weighted by molar-refractivity contribution is 6.30. The molecule has 1 aliphatic rings. The second-order valence-corrected chi connectivity index (χ2v) is 6.23. The number of aryl methyl sites for hydroxylation is 1. The van der Waals surface area contributed by atoms with Crippen LogP contribution in [0.5, 0.6) is 0 Å². The van der Waals surface area contributed by atoms with Crippen LogP contribution in [0.15, 0.2) is 30.3 Å². The van der Waals surface area contributed by atoms with Gasteiger partial charge in [0, 0.05) is 23.7 Å². The fourth-order valence-electron chi connectivity index (χ4n) is 2.67. The maximum absolute atomic E-state index is 12.2. The average molecular weight is 349 g/mol. The topological polar surface area (TPSA) is 80.5 Å². The average Bonchev–Trinajstić information content (AvgIpc) is 2.89. The molecule has 3 rings (SSSR count). The molecule has 1 unspecified atom stereocenters. The first-order valence-corrected chi connectivity index (χ1v) is 8.09. The lowest BCUT2D eigenvalue weighted by molar-refractivity contribution is -0.885. The van der Waals surface area contributed by atoms with Gasteiger partial charge in [-0.1, -0.05) is 23.7 Å². The molecule has 1 aromatic carbocycles. The Morgan fingerprint density at radius 2 is 2.17 bits per heavy atom. The number of amides is 2. The van der Waals surface area contributed by atoms with Crippen LogP contribution in [0.3, 0.4) is 0 Å². The predicted octanol–water partition coefficient (Wildman–Crippen LogP) is -0.306. The summed E-state index contributed by atoms with van der Waals surface area (Å²) >= 11 is 5.89. The van der Waals surface area contributed by atoms with Crippen LogP contribution in [0, 0.1) is 0 Å². The summed E-state index contributed by atoms with van der Waals surface area (Å²) in [5.41, 5.74) is 1.68. The van der Waals surface area contributed by atoms with Crippen molar-refractivity contribution in [3.05, 3.63) is 35.4 Å². The molecule has 8 heteroatoms. The van der Waals surface area contributed by atoms with E-state index in [0.29, 0.717) is 23.9 Å². The van der Waals surface area contributed by atoms with Gasteiger partial charge in [0.05, 0.1) is 18.8 Å². The number of halogens is 1. The molecular weight excluding hydrogens is 330 g/mol. The normalized spacial score (nSPS) is 17.4. The predicted molar refractivity (Wildman–Crippen MR) is 90.9 cm³/mol. The first kappa shape index (κ1) is 16.5. The molecule has 1 fully saturated rings. The second kappa shape index (κ2) is 7.02. The number of piperazine rings is 1. The Morgan fingerprint density at radius 1 is 1.42 bits per heavy atom. The zero-order valence-corrected chi connectivity index (χ0v) is 14.1. The second-order valence-electron chi connectivity index (χ2n) is 5.80. The van der Waals surface area contributed by atoms with E-state index in [4.69, 9.17) is 11.6 Å². The summed E-state index contributed by atoms with van der Waals surface area (Å²) in [6.07, 6.45) is 0. The van der Waals surface area contributed by atoms with E-state index in [1.54, 1.807) is 23.9 Å². The Kier molecular flexibility index (Phi) is 4.82. The summed E-state index contributed by atoms with van der Waals surface area (Å²) in [4.78, 5) is 24.5. The molecule has 0 aliphatic carbocycles. The third-order valence-corrected chi connectivity index (χ3v) is 4.16. The molecule has 0 spiro atoms. The number of nitrogens with zero attached hydrogens (tertiary/aromatic N) is 2. The van der Waals surface area contributed by atoms with Crippen LogP contribution < -0.4 is 15.5 Å². The quantitative estimate of drug-likeness (QED) is 0.709. The zero-order valence-electron chi connectivity index (χ0n) is 13.3. The van der Waals surface area contributed by atoms with E-state index in [2.05, 4.69) is 15.7 Å². The van der Waals surface area contributed by atoms with Gasteiger partial charge < -0.3 is 15.5 Å². The third-order valence-electron chi connectivity index (χ3n) is 3.91. The van der Waals surface area contributed by atoms with Gasteiger partial charge in [0.15, 0.2) is 13.1 Å². The summed E-state index contributed by atoms with van der Waals surface area (Å²) in [6, 6.07) is 9.18. The van der Waals surface area contributed by atoms with Gasteiger partial charge in [0.2, 0.25) is 0 Å². The number of quaternary nitrogens is 1. The minimum absolute atomic E-state index is 0.0189. The van der Waals surface area contributed by atoms with Crippen LogP contribution >= 0.6 is 11.6 Å². The van der Waals surface area contributed by atoms with Crippen LogP contribution in [-0.2, 0) is 16.6 Å². The number of aromatic nitrogens is 2. The standard InChI is InChI=1S/C16H18ClN5O2/c1-21-14(8-13(20-21)11-2-4-12(17)5-3-11)19-16(24)10-22-7-6-18-15(23)9-22/h2-5,8H,6-7,9-10H2,1H3,(H,18,23)(H,19,24)/p+1. The van der Waals surface area contributed by atoms with Crippen molar-refractivity contribution in [1.82, 2.24) is 15.1 Å². The van der Waals surface area contributed by atoms with Gasteiger partial charge in [-0.25, -0.2) is 0 Å². The number of anilines is 1. The van der Waals surface area contributed by atoms with Crippen LogP contribution in [0.1, 0.15) is 0 Å². The lowest BCUT2D eigenvalue weighted by Gasteiger charge is -2.22. The van der Waals surface area contributed by atoms with E-state index in [1.165, 1.54) is 0 Å². The van der Waals surface area contributed by atoms with Gasteiger partial charge >= 0.3 is 0 Å². The molecular formula is C16H19ClN5O2+. The monoisotopic (exact) mass is 348 g/mol. The lowest BCUT2D eigenvalue weighted by atomic mass is 10.1. The third kappa shape index (κ3) is 3.93. The molecule has 0 bridgehead atoms. The van der Waals surface area contributed by atoms with Crippen molar-refractivity contribution < 1.29 is 14.5 Å². The van der Waals surface area contributed by atoms with Gasteiger partial charge in [-0.3, -0.25) is 14.3 Å². The highest BCUT2D eigenvalue weighted by Gasteiger charge is 2.22. The van der Waals surface area contributed by atoms with E-state index in [1.807, 2.05) is 18.2 Å². The molecule has 3 N–H and O–H groups in total. The highest BCUT2D eigenvalue weighted by atomic mass is 35.5. The van der Waals surface area contributed by atoms with Gasteiger partial charge in [0.25, 0.3) is 11.8 Å². The van der Waals surface area contributed by atoms with Crippen LogP contribution in [0.2, 0.25) is 5.02 Å². The molecule has 1 aromatic heterocycles. The molecule has 7 nitrogen and oxygen atoms in total. The fraction of sp³-hybridized carbons (Fsp3) is 0.312. The van der Waals surface area contributed by atoms with E-state index in [0.717, 1.165) is 22.7 Å². The van der Waals surface area contributed by atoms with Gasteiger partial charge in [-0.05, 0) is 12.1 Å². The van der Waals surface area contributed by atoms with Crippen molar-refractivity contribution in [1.29, 1.82) is 0 Å². The van der Waals surface area contributed by atoms with Crippen molar-refractivity contribution in [2.24, 2.45) is 7.05 Å². The molecule has 2 heterocycles. The number of nitrogens with one attached hydrogen (secondary N) is 3. The zero-order chi connectivity index (χ0) is 17.1. The first-order valence-electron chi connectivity index (χ1n) is 7.71. The van der Waals surface area contributed by atoms with E-state index >= 15 is 0 Å². The number of benzene rings is 1. The molecule has 1 atom stereocenters. The molecule has 0 radical (unpaired) electrons. The maximum Gasteiger partial charge on any atom is 0.280 e. The molecule has 1 aliphatic heterocycles. The van der Waals surface area contributed by atoms with Gasteiger partial charge in [-0.15, -0.1) is 0 Å². The SMILES string of the molecule is Cn1nc(-c2ccc(Cl)cc2)cc1NC(=O)C[NH+]1CCNC(=O)C1. The van der Waals surface area contributed by atoms with E-state index < -0.39 is 0 Å². The van der Waals surface area contributed by atoms with E-state index in [9.17, 15) is 9.59 Å². The Labute approximate surface area is 144 Å². The van der Waals surface area contributed by atoms with Gasteiger partial charge in [-0.2, -0.15) is 5.10 Å². The Bertz CT molecular complexity index is 756. The summed E-state index contributed by atoms with van der Waals surface area (Å²) < 4.78 is 1.63. The van der Waals surface area contributed by atoms with Crippen molar-refractivity contribution in [2.45, 2.75) is 0 Å². The van der Waals surface area contributed by atoms with Crippen molar-refractivity contribution in [2.75, 3.05) is 31.5 Å². The Morgan fingerprint density at radius 3 is 2.88 bits per heavy atom. The van der Waals surface area contributed by atoms with Crippen LogP contribution in [0.4, 0.5) is 5.82 Å². The molecule has 2 aromatic rings. The van der Waals surface area contributed by atoms with Crippen molar-refractivity contribution in [3.63, 3.8) is 0 Å². The summed E-state index contributed by atoms with van der Waals surface area (Å²) in [6.45, 7) is 1.94. The van der Waals surface area contributed by atoms with Crippen molar-refractivity contribution >= 4 is 29.2 Å². The van der Waals surface area contributed by atoms with Gasteiger partial charge in [0.1, 0.15) is 5.82 Å². The first-order chi connectivity index (χ1) is 11.5. The highest BCUT2D eigenvalue weighted by Crippen LogP contribution is 2.22. The van der Waals surface area contributed by atoms with E-state index in [-0.39, 0.29) is 18.4 Å². The minimum atomic E-state index is -0.134. The Balaban J connectivity index is 1.65.